The topological polar surface area (TPSA) is 114 Å². The Morgan fingerprint density at radius 1 is 1.13 bits per heavy atom. The Labute approximate surface area is 180 Å². The minimum absolute atomic E-state index is 0.257. The third kappa shape index (κ3) is 5.30. The first-order valence-corrected chi connectivity index (χ1v) is 10.5. The maximum absolute atomic E-state index is 12.2. The molecule has 0 aliphatic heterocycles. The number of hydrogen-bond donors (Lipinski definition) is 2. The number of H-pyrrole nitrogens is 1. The summed E-state index contributed by atoms with van der Waals surface area (Å²) >= 11 is 0. The molecular weight excluding hydrogens is 392 g/mol. The van der Waals surface area contributed by atoms with Crippen LogP contribution in [0.15, 0.2) is 42.7 Å². The maximum atomic E-state index is 12.2. The van der Waals surface area contributed by atoms with Gasteiger partial charge in [-0.25, -0.2) is 0 Å². The second-order valence-corrected chi connectivity index (χ2v) is 7.85. The van der Waals surface area contributed by atoms with E-state index in [-0.39, 0.29) is 5.91 Å². The highest BCUT2D eigenvalue weighted by Gasteiger charge is 2.11. The summed E-state index contributed by atoms with van der Waals surface area (Å²) in [5.74, 6) is 0.176. The molecule has 0 bridgehead atoms. The van der Waals surface area contributed by atoms with Crippen molar-refractivity contribution in [3.05, 3.63) is 65.5 Å². The fourth-order valence-corrected chi connectivity index (χ4v) is 3.29. The van der Waals surface area contributed by atoms with Crippen LogP contribution >= 0.6 is 0 Å². The first-order valence-electron chi connectivity index (χ1n) is 10.5. The summed E-state index contributed by atoms with van der Waals surface area (Å²) in [7, 11) is 0. The molecule has 4 aromatic heterocycles. The summed E-state index contributed by atoms with van der Waals surface area (Å²) < 4.78 is 1.70. The molecule has 0 aliphatic rings. The van der Waals surface area contributed by atoms with Crippen LogP contribution in [-0.4, -0.2) is 41.1 Å². The number of carbonyl (C=O) groups excluding carboxylic acids is 1. The van der Waals surface area contributed by atoms with E-state index >= 15 is 0 Å². The number of amides is 1. The van der Waals surface area contributed by atoms with Crippen molar-refractivity contribution in [1.82, 2.24) is 40.5 Å². The maximum Gasteiger partial charge on any atom is 0.273 e. The molecule has 0 saturated heterocycles. The number of carbonyl (C=O) groups is 1. The zero-order chi connectivity index (χ0) is 21.6. The van der Waals surface area contributed by atoms with Crippen molar-refractivity contribution >= 4 is 16.9 Å². The minimum atomic E-state index is -0.257. The number of nitrogens with one attached hydrogen (secondary N) is 2. The molecule has 0 radical (unpaired) electrons. The standard InChI is InChI=1S/C22H26N8O/c1-15(2)19-12-16-11-17(26-28-21(16)25-19)7-4-6-10-30-14-20(27-29-30)22(31)24-13-18-8-3-5-9-23-18/h3,5,8-9,11-12,14-15H,4,6-7,10,13H2,1-2H3,(H,24,31)(H,25,28). The molecule has 0 saturated carbocycles. The van der Waals surface area contributed by atoms with Gasteiger partial charge in [0.1, 0.15) is 0 Å². The molecule has 1 amide bonds. The van der Waals surface area contributed by atoms with E-state index in [9.17, 15) is 4.79 Å². The SMILES string of the molecule is CC(C)c1cc2cc(CCCCn3cc(C(=O)NCc4ccccn4)nn3)nnc2[nH]1. The molecular formula is C22H26N8O. The fourth-order valence-electron chi connectivity index (χ4n) is 3.29. The van der Waals surface area contributed by atoms with Crippen LogP contribution in [0.25, 0.3) is 11.0 Å². The quantitative estimate of drug-likeness (QED) is 0.404. The Morgan fingerprint density at radius 3 is 2.84 bits per heavy atom. The van der Waals surface area contributed by atoms with Gasteiger partial charge in [-0.2, -0.15) is 5.10 Å². The van der Waals surface area contributed by atoms with Gasteiger partial charge in [-0.3, -0.25) is 14.5 Å². The van der Waals surface area contributed by atoms with Crippen LogP contribution < -0.4 is 5.32 Å². The number of pyridine rings is 1. The van der Waals surface area contributed by atoms with Crippen LogP contribution in [0, 0.1) is 0 Å². The zero-order valence-corrected chi connectivity index (χ0v) is 17.7. The van der Waals surface area contributed by atoms with Gasteiger partial charge in [0.15, 0.2) is 11.3 Å². The van der Waals surface area contributed by atoms with Crippen LogP contribution in [0.3, 0.4) is 0 Å². The molecule has 160 valence electrons. The monoisotopic (exact) mass is 418 g/mol. The van der Waals surface area contributed by atoms with Gasteiger partial charge < -0.3 is 10.3 Å². The highest BCUT2D eigenvalue weighted by molar-refractivity contribution is 5.91. The van der Waals surface area contributed by atoms with E-state index < -0.39 is 0 Å². The molecule has 0 fully saturated rings. The Morgan fingerprint density at radius 2 is 2.03 bits per heavy atom. The van der Waals surface area contributed by atoms with E-state index in [0.717, 1.165) is 41.7 Å². The molecule has 4 heterocycles. The molecule has 0 spiro atoms. The Hall–Kier alpha value is -3.62. The first kappa shape index (κ1) is 20.6. The highest BCUT2D eigenvalue weighted by atomic mass is 16.2. The molecule has 4 aromatic rings. The number of aromatic amines is 1. The number of aromatic nitrogens is 7. The Balaban J connectivity index is 1.23. The molecule has 0 aromatic carbocycles. The second-order valence-electron chi connectivity index (χ2n) is 7.85. The predicted octanol–water partition coefficient (Wildman–Crippen LogP) is 3.02. The lowest BCUT2D eigenvalue weighted by Crippen LogP contribution is -2.23. The van der Waals surface area contributed by atoms with Crippen molar-refractivity contribution < 1.29 is 4.79 Å². The number of unbranched alkanes of at least 4 members (excludes halogenated alkanes) is 1. The van der Waals surface area contributed by atoms with Gasteiger partial charge in [0.2, 0.25) is 0 Å². The third-order valence-electron chi connectivity index (χ3n) is 5.07. The minimum Gasteiger partial charge on any atom is -0.345 e. The van der Waals surface area contributed by atoms with Gasteiger partial charge in [-0.1, -0.05) is 25.1 Å². The lowest BCUT2D eigenvalue weighted by Gasteiger charge is -2.02. The molecule has 0 unspecified atom stereocenters. The normalized spacial score (nSPS) is 11.3. The average molecular weight is 419 g/mol. The number of nitrogens with zero attached hydrogens (tertiary/aromatic N) is 6. The molecule has 31 heavy (non-hydrogen) atoms. The van der Waals surface area contributed by atoms with E-state index in [0.29, 0.717) is 24.7 Å². The highest BCUT2D eigenvalue weighted by Crippen LogP contribution is 2.20. The molecule has 9 heteroatoms. The molecule has 4 rings (SSSR count). The van der Waals surface area contributed by atoms with E-state index in [1.54, 1.807) is 17.1 Å². The molecule has 0 atom stereocenters. The van der Waals surface area contributed by atoms with E-state index in [4.69, 9.17) is 0 Å². The van der Waals surface area contributed by atoms with Gasteiger partial charge in [-0.05, 0) is 49.4 Å². The molecule has 0 aliphatic carbocycles. The third-order valence-corrected chi connectivity index (χ3v) is 5.07. The van der Waals surface area contributed by atoms with E-state index in [2.05, 4.69) is 61.8 Å². The summed E-state index contributed by atoms with van der Waals surface area (Å²) in [6.07, 6.45) is 6.07. The summed E-state index contributed by atoms with van der Waals surface area (Å²) in [6, 6.07) is 9.83. The van der Waals surface area contributed by atoms with Gasteiger partial charge >= 0.3 is 0 Å². The average Bonchev–Trinajstić information content (AvgIpc) is 3.43. The van der Waals surface area contributed by atoms with Crippen molar-refractivity contribution in [2.45, 2.75) is 52.1 Å². The number of rotatable bonds is 9. The second kappa shape index (κ2) is 9.46. The van der Waals surface area contributed by atoms with Crippen molar-refractivity contribution in [2.75, 3.05) is 0 Å². The smallest absolute Gasteiger partial charge is 0.273 e. The Kier molecular flexibility index (Phi) is 6.30. The Bertz CT molecular complexity index is 1150. The number of fused-ring (bicyclic) bond motifs is 1. The lowest BCUT2D eigenvalue weighted by molar-refractivity contribution is 0.0945. The molecule has 2 N–H and O–H groups in total. The van der Waals surface area contributed by atoms with Gasteiger partial charge in [0, 0.05) is 23.8 Å². The zero-order valence-electron chi connectivity index (χ0n) is 17.7. The van der Waals surface area contributed by atoms with Crippen LogP contribution in [0.5, 0.6) is 0 Å². The van der Waals surface area contributed by atoms with Crippen molar-refractivity contribution in [1.29, 1.82) is 0 Å². The van der Waals surface area contributed by atoms with Gasteiger partial charge in [0.25, 0.3) is 5.91 Å². The molecule has 9 nitrogen and oxygen atoms in total. The first-order chi connectivity index (χ1) is 15.1. The summed E-state index contributed by atoms with van der Waals surface area (Å²) in [5, 5.41) is 20.6. The summed E-state index contributed by atoms with van der Waals surface area (Å²) in [5.41, 5.74) is 4.09. The predicted molar refractivity (Wildman–Crippen MR) is 116 cm³/mol. The van der Waals surface area contributed by atoms with Crippen molar-refractivity contribution in [2.24, 2.45) is 0 Å². The van der Waals surface area contributed by atoms with Crippen molar-refractivity contribution in [3.8, 4) is 0 Å². The summed E-state index contributed by atoms with van der Waals surface area (Å²) in [6.45, 7) is 5.35. The van der Waals surface area contributed by atoms with Crippen LogP contribution in [0.2, 0.25) is 0 Å². The van der Waals surface area contributed by atoms with Crippen LogP contribution in [0.1, 0.15) is 60.2 Å². The van der Waals surface area contributed by atoms with E-state index in [1.807, 2.05) is 18.2 Å². The van der Waals surface area contributed by atoms with Crippen LogP contribution in [0.4, 0.5) is 0 Å². The number of aryl methyl sites for hydroxylation is 2. The largest absolute Gasteiger partial charge is 0.345 e. The van der Waals surface area contributed by atoms with E-state index in [1.165, 1.54) is 5.69 Å². The van der Waals surface area contributed by atoms with Crippen molar-refractivity contribution in [3.63, 3.8) is 0 Å². The lowest BCUT2D eigenvalue weighted by atomic mass is 10.1. The van der Waals surface area contributed by atoms with Crippen LogP contribution in [-0.2, 0) is 19.5 Å². The van der Waals surface area contributed by atoms with Gasteiger partial charge in [-0.15, -0.1) is 10.2 Å². The summed E-state index contributed by atoms with van der Waals surface area (Å²) in [4.78, 5) is 19.7. The fraction of sp³-hybridized carbons (Fsp3) is 0.364. The van der Waals surface area contributed by atoms with Gasteiger partial charge in [0.05, 0.1) is 24.1 Å². The number of hydrogen-bond acceptors (Lipinski definition) is 6.